The first-order valence-electron chi connectivity index (χ1n) is 12.7. The Morgan fingerprint density at radius 2 is 1.64 bits per heavy atom. The third-order valence-corrected chi connectivity index (χ3v) is 8.54. The van der Waals surface area contributed by atoms with Crippen molar-refractivity contribution in [3.8, 4) is 0 Å². The van der Waals surface area contributed by atoms with Crippen molar-refractivity contribution in [2.45, 2.75) is 38.8 Å². The van der Waals surface area contributed by atoms with E-state index in [0.29, 0.717) is 32.6 Å². The average Bonchev–Trinajstić information content (AvgIpc) is 3.24. The fraction of sp³-hybridized carbons (Fsp3) is 0.379. The molecule has 188 valence electrons. The summed E-state index contributed by atoms with van der Waals surface area (Å²) in [7, 11) is 0. The molecule has 0 saturated carbocycles. The van der Waals surface area contributed by atoms with E-state index in [9.17, 15) is 14.0 Å². The number of carbonyl (C=O) groups excluding carboxylic acids is 2. The summed E-state index contributed by atoms with van der Waals surface area (Å²) in [6.07, 6.45) is 1.62. The highest BCUT2D eigenvalue weighted by Crippen LogP contribution is 2.40. The smallest absolute Gasteiger partial charge is 0.256 e. The molecule has 3 aromatic rings. The van der Waals surface area contributed by atoms with Crippen LogP contribution in [-0.2, 0) is 11.2 Å². The van der Waals surface area contributed by atoms with Crippen LogP contribution in [0.3, 0.4) is 0 Å². The van der Waals surface area contributed by atoms with Gasteiger partial charge >= 0.3 is 0 Å². The fourth-order valence-corrected chi connectivity index (χ4v) is 6.45. The third kappa shape index (κ3) is 4.70. The van der Waals surface area contributed by atoms with Gasteiger partial charge in [-0.05, 0) is 67.0 Å². The molecule has 3 heterocycles. The number of hydrogen-bond acceptors (Lipinski definition) is 4. The molecule has 2 aromatic carbocycles. The molecule has 1 fully saturated rings. The molecule has 0 N–H and O–H groups in total. The second kappa shape index (κ2) is 10.5. The van der Waals surface area contributed by atoms with E-state index in [1.165, 1.54) is 33.7 Å². The number of halogens is 1. The highest BCUT2D eigenvalue weighted by Gasteiger charge is 2.37. The summed E-state index contributed by atoms with van der Waals surface area (Å²) in [4.78, 5) is 34.0. The number of carbonyl (C=O) groups is 2. The SMILES string of the molecule is Cc1ccccc1C1c2ccsc2CCN1C(C)C(=O)N1CCCN(C(=O)c2ccccc2F)CC1. The van der Waals surface area contributed by atoms with Crippen LogP contribution in [0, 0.1) is 12.7 Å². The van der Waals surface area contributed by atoms with Gasteiger partial charge in [-0.1, -0.05) is 36.4 Å². The van der Waals surface area contributed by atoms with E-state index in [2.05, 4.69) is 47.5 Å². The van der Waals surface area contributed by atoms with E-state index < -0.39 is 5.82 Å². The molecular formula is C29H32FN3O2S. The lowest BCUT2D eigenvalue weighted by Gasteiger charge is -2.41. The number of fused-ring (bicyclic) bond motifs is 1. The summed E-state index contributed by atoms with van der Waals surface area (Å²) in [5.41, 5.74) is 3.86. The van der Waals surface area contributed by atoms with Crippen molar-refractivity contribution in [3.05, 3.63) is 92.9 Å². The summed E-state index contributed by atoms with van der Waals surface area (Å²) in [5, 5.41) is 2.15. The van der Waals surface area contributed by atoms with E-state index >= 15 is 0 Å². The largest absolute Gasteiger partial charge is 0.340 e. The number of amides is 2. The minimum atomic E-state index is -0.506. The van der Waals surface area contributed by atoms with Gasteiger partial charge in [-0.25, -0.2) is 4.39 Å². The number of hydrogen-bond donors (Lipinski definition) is 0. The normalized spacial score (nSPS) is 19.5. The maximum Gasteiger partial charge on any atom is 0.256 e. The molecular weight excluding hydrogens is 473 g/mol. The molecule has 5 nitrogen and oxygen atoms in total. The van der Waals surface area contributed by atoms with Crippen LogP contribution in [0.2, 0.25) is 0 Å². The highest BCUT2D eigenvalue weighted by molar-refractivity contribution is 7.10. The van der Waals surface area contributed by atoms with Gasteiger partial charge in [-0.2, -0.15) is 0 Å². The maximum absolute atomic E-state index is 14.2. The Balaban J connectivity index is 1.33. The van der Waals surface area contributed by atoms with Crippen LogP contribution in [0.5, 0.6) is 0 Å². The molecule has 1 saturated heterocycles. The Kier molecular flexibility index (Phi) is 7.21. The number of rotatable bonds is 4. The Morgan fingerprint density at radius 1 is 0.917 bits per heavy atom. The monoisotopic (exact) mass is 505 g/mol. The number of thiophene rings is 1. The average molecular weight is 506 g/mol. The lowest BCUT2D eigenvalue weighted by Crippen LogP contribution is -2.51. The van der Waals surface area contributed by atoms with Gasteiger partial charge in [0.1, 0.15) is 5.82 Å². The molecule has 36 heavy (non-hydrogen) atoms. The number of benzene rings is 2. The topological polar surface area (TPSA) is 43.9 Å². The molecule has 2 unspecified atom stereocenters. The standard InChI is InChI=1S/C29H32FN3O2S/c1-20-8-3-4-9-22(20)27-24-13-19-36-26(24)12-16-33(27)21(2)28(34)31-14-7-15-32(18-17-31)29(35)23-10-5-6-11-25(23)30/h3-6,8-11,13,19,21,27H,7,12,14-18H2,1-2H3. The van der Waals surface area contributed by atoms with E-state index in [-0.39, 0.29) is 29.5 Å². The van der Waals surface area contributed by atoms with E-state index in [0.717, 1.165) is 13.0 Å². The Morgan fingerprint density at radius 3 is 2.44 bits per heavy atom. The quantitative estimate of drug-likeness (QED) is 0.506. The molecule has 2 aliphatic rings. The molecule has 1 aromatic heterocycles. The molecule has 2 aliphatic heterocycles. The van der Waals surface area contributed by atoms with Crippen molar-refractivity contribution >= 4 is 23.2 Å². The molecule has 7 heteroatoms. The predicted molar refractivity (Wildman–Crippen MR) is 141 cm³/mol. The number of aryl methyl sites for hydroxylation is 1. The second-order valence-electron chi connectivity index (χ2n) is 9.67. The van der Waals surface area contributed by atoms with Crippen LogP contribution in [0.1, 0.15) is 51.3 Å². The molecule has 2 atom stereocenters. The van der Waals surface area contributed by atoms with Gasteiger partial charge in [0, 0.05) is 37.6 Å². The van der Waals surface area contributed by atoms with Gasteiger partial charge in [0.05, 0.1) is 17.6 Å². The number of nitrogens with zero attached hydrogens (tertiary/aromatic N) is 3. The summed E-state index contributed by atoms with van der Waals surface area (Å²) >= 11 is 1.80. The zero-order chi connectivity index (χ0) is 25.2. The van der Waals surface area contributed by atoms with Crippen LogP contribution in [0.15, 0.2) is 60.0 Å². The van der Waals surface area contributed by atoms with E-state index in [1.807, 2.05) is 11.8 Å². The van der Waals surface area contributed by atoms with Crippen molar-refractivity contribution in [2.75, 3.05) is 32.7 Å². The van der Waals surface area contributed by atoms with Gasteiger partial charge in [-0.15, -0.1) is 11.3 Å². The third-order valence-electron chi connectivity index (χ3n) is 7.54. The second-order valence-corrected chi connectivity index (χ2v) is 10.7. The summed E-state index contributed by atoms with van der Waals surface area (Å²) < 4.78 is 14.2. The molecule has 2 amide bonds. The van der Waals surface area contributed by atoms with Gasteiger partial charge < -0.3 is 9.80 Å². The molecule has 5 rings (SSSR count). The Labute approximate surface area is 216 Å². The minimum absolute atomic E-state index is 0.0475. The molecule has 0 aliphatic carbocycles. The van der Waals surface area contributed by atoms with Gasteiger partial charge in [0.25, 0.3) is 5.91 Å². The van der Waals surface area contributed by atoms with Crippen LogP contribution in [0.25, 0.3) is 0 Å². The van der Waals surface area contributed by atoms with Crippen molar-refractivity contribution in [1.29, 1.82) is 0 Å². The zero-order valence-corrected chi connectivity index (χ0v) is 21.6. The molecule has 0 bridgehead atoms. The Hall–Kier alpha value is -3.03. The lowest BCUT2D eigenvalue weighted by atomic mass is 9.89. The van der Waals surface area contributed by atoms with Crippen LogP contribution in [0.4, 0.5) is 4.39 Å². The van der Waals surface area contributed by atoms with Gasteiger partial charge in [0.2, 0.25) is 5.91 Å². The fourth-order valence-electron chi connectivity index (χ4n) is 5.54. The first kappa shape index (κ1) is 24.7. The first-order valence-corrected chi connectivity index (χ1v) is 13.5. The van der Waals surface area contributed by atoms with E-state index in [1.54, 1.807) is 28.4 Å². The zero-order valence-electron chi connectivity index (χ0n) is 20.8. The molecule has 0 radical (unpaired) electrons. The van der Waals surface area contributed by atoms with E-state index in [4.69, 9.17) is 0 Å². The lowest BCUT2D eigenvalue weighted by molar-refractivity contribution is -0.137. The van der Waals surface area contributed by atoms with Crippen LogP contribution in [-0.4, -0.2) is 65.3 Å². The van der Waals surface area contributed by atoms with Crippen molar-refractivity contribution in [1.82, 2.24) is 14.7 Å². The minimum Gasteiger partial charge on any atom is -0.340 e. The van der Waals surface area contributed by atoms with Crippen molar-refractivity contribution in [2.24, 2.45) is 0 Å². The van der Waals surface area contributed by atoms with Crippen molar-refractivity contribution in [3.63, 3.8) is 0 Å². The summed E-state index contributed by atoms with van der Waals surface area (Å²) in [6.45, 7) is 6.94. The predicted octanol–water partition coefficient (Wildman–Crippen LogP) is 4.91. The van der Waals surface area contributed by atoms with Gasteiger partial charge in [0.15, 0.2) is 0 Å². The Bertz CT molecular complexity index is 1260. The molecule has 0 spiro atoms. The van der Waals surface area contributed by atoms with Gasteiger partial charge in [-0.3, -0.25) is 14.5 Å². The highest BCUT2D eigenvalue weighted by atomic mass is 32.1. The maximum atomic E-state index is 14.2. The van der Waals surface area contributed by atoms with Crippen molar-refractivity contribution < 1.29 is 14.0 Å². The van der Waals surface area contributed by atoms with Crippen LogP contribution >= 0.6 is 11.3 Å². The summed E-state index contributed by atoms with van der Waals surface area (Å²) in [6, 6.07) is 16.5. The summed E-state index contributed by atoms with van der Waals surface area (Å²) in [5.74, 6) is -0.725. The first-order chi connectivity index (χ1) is 17.5. The van der Waals surface area contributed by atoms with Crippen LogP contribution < -0.4 is 0 Å².